The molecule has 0 aliphatic rings. The molecule has 0 amide bonds. The Morgan fingerprint density at radius 2 is 1.97 bits per heavy atom. The average Bonchev–Trinajstić information content (AvgIpc) is 3.09. The number of ether oxygens (including phenoxy) is 1. The fraction of sp³-hybridized carbons (Fsp3) is 0.200. The van der Waals surface area contributed by atoms with Gasteiger partial charge in [0.1, 0.15) is 15.9 Å². The molecule has 33 heavy (non-hydrogen) atoms. The maximum atomic E-state index is 11.1. The Kier molecular flexibility index (Phi) is 7.71. The van der Waals surface area contributed by atoms with E-state index in [0.29, 0.717) is 22.1 Å². The second-order valence-electron chi connectivity index (χ2n) is 6.76. The molecule has 3 aromatic rings. The molecule has 3 rings (SSSR count). The van der Waals surface area contributed by atoms with Crippen LogP contribution in [0.4, 0.5) is 10.8 Å². The summed E-state index contributed by atoms with van der Waals surface area (Å²) in [6, 6.07) is 11.9. The van der Waals surface area contributed by atoms with Crippen LogP contribution in [0.15, 0.2) is 63.7 Å². The lowest BCUT2D eigenvalue weighted by Gasteiger charge is -2.17. The van der Waals surface area contributed by atoms with Crippen molar-refractivity contribution in [3.8, 4) is 5.75 Å². The van der Waals surface area contributed by atoms with E-state index >= 15 is 0 Å². The van der Waals surface area contributed by atoms with Gasteiger partial charge in [-0.1, -0.05) is 23.5 Å². The first-order chi connectivity index (χ1) is 15.6. The Hall–Kier alpha value is -3.39. The van der Waals surface area contributed by atoms with Gasteiger partial charge in [-0.15, -0.1) is 5.11 Å². The van der Waals surface area contributed by atoms with Gasteiger partial charge in [-0.2, -0.15) is 5.11 Å². The number of benzene rings is 2. The highest BCUT2D eigenvalue weighted by molar-refractivity contribution is 7.85. The third kappa shape index (κ3) is 7.05. The highest BCUT2D eigenvalue weighted by Crippen LogP contribution is 2.27. The van der Waals surface area contributed by atoms with Gasteiger partial charge < -0.3 is 19.8 Å². The molecule has 0 aliphatic heterocycles. The fourth-order valence-corrected chi connectivity index (χ4v) is 3.77. The van der Waals surface area contributed by atoms with E-state index in [0.717, 1.165) is 10.6 Å². The van der Waals surface area contributed by atoms with Crippen LogP contribution in [0.5, 0.6) is 5.75 Å². The lowest BCUT2D eigenvalue weighted by molar-refractivity contribution is -0.139. The van der Waals surface area contributed by atoms with Gasteiger partial charge in [0, 0.05) is 10.6 Å². The van der Waals surface area contributed by atoms with E-state index in [1.807, 2.05) is 13.8 Å². The van der Waals surface area contributed by atoms with E-state index in [-0.39, 0.29) is 4.90 Å². The molecule has 2 aromatic carbocycles. The number of carboxylic acids is 1. The normalized spacial score (nSPS) is 12.6. The van der Waals surface area contributed by atoms with Gasteiger partial charge >= 0.3 is 5.97 Å². The number of anilines is 1. The van der Waals surface area contributed by atoms with Crippen LogP contribution in [0.3, 0.4) is 0 Å². The standard InChI is InChI=1S/C20H21N5O6S2/c1-12-13(2)32-20(21-12)25-24-19(14-4-3-5-16(10-14)31-11-18(26)27)23-22-15-6-8-17(9-7-15)33(28,29)30/h3-10,19,22-23H,11H2,1-2H3,(H,26,27)(H,28,29,30)/p-1/b25-24+. The van der Waals surface area contributed by atoms with Gasteiger partial charge in [-0.3, -0.25) is 0 Å². The van der Waals surface area contributed by atoms with E-state index in [4.69, 9.17) is 9.84 Å². The van der Waals surface area contributed by atoms with Crippen molar-refractivity contribution in [3.05, 3.63) is 64.7 Å². The average molecular weight is 491 g/mol. The Labute approximate surface area is 193 Å². The second-order valence-corrected chi connectivity index (χ2v) is 9.32. The second kappa shape index (κ2) is 10.5. The summed E-state index contributed by atoms with van der Waals surface area (Å²) in [6.07, 6.45) is -0.745. The number of nitrogens with zero attached hydrogens (tertiary/aromatic N) is 3. The summed E-state index contributed by atoms with van der Waals surface area (Å²) in [5, 5.41) is 17.8. The van der Waals surface area contributed by atoms with Gasteiger partial charge in [0.2, 0.25) is 5.13 Å². The molecule has 1 aromatic heterocycles. The van der Waals surface area contributed by atoms with E-state index in [1.54, 1.807) is 24.3 Å². The van der Waals surface area contributed by atoms with Crippen molar-refractivity contribution in [2.24, 2.45) is 10.2 Å². The number of aliphatic carboxylic acids is 1. The van der Waals surface area contributed by atoms with Crippen LogP contribution in [-0.4, -0.2) is 35.6 Å². The molecule has 0 radical (unpaired) electrons. The molecule has 1 atom stereocenters. The summed E-state index contributed by atoms with van der Waals surface area (Å²) < 4.78 is 38.5. The van der Waals surface area contributed by atoms with E-state index in [9.17, 15) is 17.8 Å². The molecule has 11 nitrogen and oxygen atoms in total. The monoisotopic (exact) mass is 490 g/mol. The van der Waals surface area contributed by atoms with Crippen LogP contribution in [0.25, 0.3) is 0 Å². The highest BCUT2D eigenvalue weighted by atomic mass is 32.2. The summed E-state index contributed by atoms with van der Waals surface area (Å²) >= 11 is 1.39. The van der Waals surface area contributed by atoms with E-state index < -0.39 is 28.9 Å². The molecule has 1 heterocycles. The van der Waals surface area contributed by atoms with Gasteiger partial charge in [0.25, 0.3) is 0 Å². The molecule has 0 fully saturated rings. The molecule has 174 valence electrons. The van der Waals surface area contributed by atoms with Crippen molar-refractivity contribution >= 4 is 38.2 Å². The third-order valence-corrected chi connectivity index (χ3v) is 6.11. The number of aryl methyl sites for hydroxylation is 2. The molecule has 0 aliphatic carbocycles. The van der Waals surface area contributed by atoms with E-state index in [2.05, 4.69) is 26.1 Å². The molecule has 0 saturated carbocycles. The number of hydrazine groups is 1. The number of carboxylic acid groups (broad SMARTS) is 1. The van der Waals surface area contributed by atoms with Crippen LogP contribution in [0, 0.1) is 13.8 Å². The van der Waals surface area contributed by atoms with Crippen LogP contribution < -0.4 is 15.6 Å². The smallest absolute Gasteiger partial charge is 0.341 e. The zero-order chi connectivity index (χ0) is 24.0. The molecule has 3 N–H and O–H groups in total. The molecule has 13 heteroatoms. The lowest BCUT2D eigenvalue weighted by atomic mass is 10.2. The summed E-state index contributed by atoms with van der Waals surface area (Å²) in [5.41, 5.74) is 7.79. The van der Waals surface area contributed by atoms with Crippen molar-refractivity contribution < 1.29 is 27.6 Å². The predicted molar refractivity (Wildman–Crippen MR) is 120 cm³/mol. The lowest BCUT2D eigenvalue weighted by Crippen LogP contribution is -2.26. The topological polar surface area (TPSA) is 165 Å². The number of hydrogen-bond acceptors (Lipinski definition) is 11. The largest absolute Gasteiger partial charge is 0.744 e. The number of azo groups is 1. The first kappa shape index (κ1) is 24.3. The number of thiazole rings is 1. The minimum absolute atomic E-state index is 0.336. The maximum absolute atomic E-state index is 11.1. The molecule has 0 saturated heterocycles. The van der Waals surface area contributed by atoms with Crippen LogP contribution in [-0.2, 0) is 14.9 Å². The summed E-state index contributed by atoms with van der Waals surface area (Å²) in [6.45, 7) is 3.31. The van der Waals surface area contributed by atoms with Crippen molar-refractivity contribution in [2.45, 2.75) is 24.9 Å². The Morgan fingerprint density at radius 3 is 2.58 bits per heavy atom. The first-order valence-electron chi connectivity index (χ1n) is 9.49. The number of hydrogen-bond donors (Lipinski definition) is 3. The third-order valence-electron chi connectivity index (χ3n) is 4.31. The van der Waals surface area contributed by atoms with Crippen LogP contribution in [0.1, 0.15) is 22.3 Å². The van der Waals surface area contributed by atoms with E-state index in [1.165, 1.54) is 35.6 Å². The van der Waals surface area contributed by atoms with Crippen molar-refractivity contribution in [2.75, 3.05) is 12.0 Å². The van der Waals surface area contributed by atoms with Crippen LogP contribution in [0.2, 0.25) is 0 Å². The minimum Gasteiger partial charge on any atom is -0.744 e. The molecular weight excluding hydrogens is 470 g/mol. The fourth-order valence-electron chi connectivity index (χ4n) is 2.56. The molecule has 1 unspecified atom stereocenters. The molecule has 0 spiro atoms. The molecular formula is C20H20N5O6S2-. The summed E-state index contributed by atoms with van der Waals surface area (Å²) in [4.78, 5) is 15.8. The zero-order valence-corrected chi connectivity index (χ0v) is 19.2. The van der Waals surface area contributed by atoms with Crippen molar-refractivity contribution in [1.82, 2.24) is 10.4 Å². The number of nitrogens with one attached hydrogen (secondary N) is 2. The van der Waals surface area contributed by atoms with Crippen molar-refractivity contribution in [1.29, 1.82) is 0 Å². The number of rotatable bonds is 10. The first-order valence-corrected chi connectivity index (χ1v) is 11.7. The van der Waals surface area contributed by atoms with Crippen LogP contribution >= 0.6 is 11.3 Å². The number of carbonyl (C=O) groups is 1. The maximum Gasteiger partial charge on any atom is 0.341 e. The highest BCUT2D eigenvalue weighted by Gasteiger charge is 2.13. The predicted octanol–water partition coefficient (Wildman–Crippen LogP) is 3.53. The SMILES string of the molecule is Cc1nc(/N=N/C(NNc2ccc(S(=O)(=O)[O-])cc2)c2cccc(OCC(=O)O)c2)sc1C. The van der Waals surface area contributed by atoms with Gasteiger partial charge in [0.05, 0.1) is 10.6 Å². The van der Waals surface area contributed by atoms with Gasteiger partial charge in [-0.25, -0.2) is 23.6 Å². The molecule has 0 bridgehead atoms. The number of aromatic nitrogens is 1. The quantitative estimate of drug-likeness (QED) is 0.219. The van der Waals surface area contributed by atoms with Gasteiger partial charge in [-0.05, 0) is 55.8 Å². The zero-order valence-electron chi connectivity index (χ0n) is 17.5. The Morgan fingerprint density at radius 1 is 1.24 bits per heavy atom. The van der Waals surface area contributed by atoms with Gasteiger partial charge in [0.15, 0.2) is 12.8 Å². The summed E-state index contributed by atoms with van der Waals surface area (Å²) in [5.74, 6) is -0.766. The van der Waals surface area contributed by atoms with Crippen molar-refractivity contribution in [3.63, 3.8) is 0 Å². The Balaban J connectivity index is 1.82. The summed E-state index contributed by atoms with van der Waals surface area (Å²) in [7, 11) is -4.54. The minimum atomic E-state index is -4.54. The Bertz CT molecular complexity index is 1240.